The van der Waals surface area contributed by atoms with Gasteiger partial charge in [0.1, 0.15) is 28.7 Å². The standard InChI is InChI=1S/C38H27F3N2O7S/c1-48-26-12-14-28(15-13-26)50-33-17-11-25(38(39,40)41)21-31(33)42-35(45)30-19-23(10-16-32(30)44)20-34-36(46)43(37(47)51-34)22-24-6-5-9-29(18-24)49-27-7-3-2-4-8-27/h2-21,44H,22H2,1H3,(H,42,45)/b34-20+. The van der Waals surface area contributed by atoms with E-state index in [1.165, 1.54) is 43.5 Å². The van der Waals surface area contributed by atoms with E-state index in [0.29, 0.717) is 34.6 Å². The lowest BCUT2D eigenvalue weighted by atomic mass is 10.1. The molecule has 0 spiro atoms. The van der Waals surface area contributed by atoms with E-state index in [4.69, 9.17) is 14.2 Å². The van der Waals surface area contributed by atoms with Crippen molar-refractivity contribution >= 4 is 40.6 Å². The van der Waals surface area contributed by atoms with Crippen molar-refractivity contribution < 1.29 is 46.9 Å². The number of para-hydroxylation sites is 1. The number of amides is 3. The first-order valence-corrected chi connectivity index (χ1v) is 16.0. The van der Waals surface area contributed by atoms with E-state index in [-0.39, 0.29) is 39.8 Å². The van der Waals surface area contributed by atoms with Crippen LogP contribution in [0.3, 0.4) is 0 Å². The van der Waals surface area contributed by atoms with Crippen LogP contribution in [0, 0.1) is 0 Å². The van der Waals surface area contributed by atoms with E-state index < -0.39 is 34.5 Å². The van der Waals surface area contributed by atoms with Gasteiger partial charge in [0.25, 0.3) is 17.1 Å². The van der Waals surface area contributed by atoms with Gasteiger partial charge in [0, 0.05) is 0 Å². The Morgan fingerprint density at radius 3 is 2.25 bits per heavy atom. The Morgan fingerprint density at radius 2 is 1.53 bits per heavy atom. The fourth-order valence-electron chi connectivity index (χ4n) is 4.98. The van der Waals surface area contributed by atoms with Crippen molar-refractivity contribution in [2.24, 2.45) is 0 Å². The number of carbonyl (C=O) groups excluding carboxylic acids is 3. The van der Waals surface area contributed by atoms with Gasteiger partial charge in [-0.25, -0.2) is 0 Å². The number of imide groups is 1. The first-order valence-electron chi connectivity index (χ1n) is 15.2. The molecule has 1 heterocycles. The number of hydrogen-bond acceptors (Lipinski definition) is 8. The Balaban J connectivity index is 1.20. The monoisotopic (exact) mass is 712 g/mol. The van der Waals surface area contributed by atoms with Crippen LogP contribution in [0.25, 0.3) is 6.08 Å². The zero-order chi connectivity index (χ0) is 36.1. The average molecular weight is 713 g/mol. The number of methoxy groups -OCH3 is 1. The van der Waals surface area contributed by atoms with Crippen molar-refractivity contribution in [1.29, 1.82) is 0 Å². The first kappa shape index (κ1) is 34.6. The Labute approximate surface area is 293 Å². The van der Waals surface area contributed by atoms with Gasteiger partial charge in [0.2, 0.25) is 0 Å². The van der Waals surface area contributed by atoms with Gasteiger partial charge in [0.05, 0.1) is 35.4 Å². The summed E-state index contributed by atoms with van der Waals surface area (Å²) >= 11 is 0.706. The average Bonchev–Trinajstić information content (AvgIpc) is 3.37. The number of nitrogens with zero attached hydrogens (tertiary/aromatic N) is 1. The molecule has 3 amide bonds. The third kappa shape index (κ3) is 8.33. The van der Waals surface area contributed by atoms with E-state index in [2.05, 4.69) is 5.32 Å². The highest BCUT2D eigenvalue weighted by Gasteiger charge is 2.35. The predicted molar refractivity (Wildman–Crippen MR) is 185 cm³/mol. The largest absolute Gasteiger partial charge is 0.507 e. The summed E-state index contributed by atoms with van der Waals surface area (Å²) in [5, 5.41) is 12.4. The van der Waals surface area contributed by atoms with Crippen molar-refractivity contribution in [3.8, 4) is 34.5 Å². The van der Waals surface area contributed by atoms with Crippen LogP contribution in [-0.4, -0.2) is 34.2 Å². The maximum Gasteiger partial charge on any atom is 0.416 e. The number of phenols is 1. The van der Waals surface area contributed by atoms with Gasteiger partial charge in [-0.2, -0.15) is 13.2 Å². The lowest BCUT2D eigenvalue weighted by molar-refractivity contribution is -0.137. The molecule has 0 aromatic heterocycles. The van der Waals surface area contributed by atoms with Crippen molar-refractivity contribution in [3.63, 3.8) is 0 Å². The molecule has 1 aliphatic heterocycles. The van der Waals surface area contributed by atoms with Gasteiger partial charge < -0.3 is 24.6 Å². The van der Waals surface area contributed by atoms with Crippen LogP contribution in [0.1, 0.15) is 27.0 Å². The number of carbonyl (C=O) groups is 3. The molecule has 1 fully saturated rings. The molecule has 0 aliphatic carbocycles. The zero-order valence-electron chi connectivity index (χ0n) is 26.6. The van der Waals surface area contributed by atoms with E-state index >= 15 is 0 Å². The molecule has 1 aliphatic rings. The number of phenolic OH excluding ortho intramolecular Hbond substituents is 1. The summed E-state index contributed by atoms with van der Waals surface area (Å²) in [6, 6.07) is 28.9. The van der Waals surface area contributed by atoms with Crippen molar-refractivity contribution in [3.05, 3.63) is 142 Å². The Bertz CT molecular complexity index is 2140. The summed E-state index contributed by atoms with van der Waals surface area (Å²) in [4.78, 5) is 40.7. The van der Waals surface area contributed by atoms with E-state index in [1.807, 2.05) is 18.2 Å². The maximum absolute atomic E-state index is 13.6. The number of aromatic hydroxyl groups is 1. The van der Waals surface area contributed by atoms with E-state index in [0.717, 1.165) is 23.1 Å². The third-order valence-corrected chi connectivity index (χ3v) is 8.40. The number of thioether (sulfide) groups is 1. The van der Waals surface area contributed by atoms with Gasteiger partial charge in [-0.05, 0) is 108 Å². The summed E-state index contributed by atoms with van der Waals surface area (Å²) in [7, 11) is 1.48. The molecule has 13 heteroatoms. The number of hydrogen-bond donors (Lipinski definition) is 2. The molecule has 258 valence electrons. The number of alkyl halides is 3. The van der Waals surface area contributed by atoms with Crippen LogP contribution in [-0.2, 0) is 17.5 Å². The summed E-state index contributed by atoms with van der Waals surface area (Å²) in [6.45, 7) is -0.0187. The minimum Gasteiger partial charge on any atom is -0.507 e. The molecule has 2 N–H and O–H groups in total. The second kappa shape index (κ2) is 14.7. The number of ether oxygens (including phenoxy) is 3. The van der Waals surface area contributed by atoms with Crippen LogP contribution < -0.4 is 19.5 Å². The molecule has 0 saturated carbocycles. The van der Waals surface area contributed by atoms with Gasteiger partial charge in [-0.3, -0.25) is 19.3 Å². The molecule has 0 radical (unpaired) electrons. The molecule has 9 nitrogen and oxygen atoms in total. The Kier molecular flexibility index (Phi) is 10.0. The molecule has 0 bridgehead atoms. The van der Waals surface area contributed by atoms with Crippen molar-refractivity contribution in [1.82, 2.24) is 4.90 Å². The highest BCUT2D eigenvalue weighted by atomic mass is 32.2. The number of halogens is 3. The molecule has 5 aromatic rings. The van der Waals surface area contributed by atoms with Gasteiger partial charge in [-0.15, -0.1) is 0 Å². The second-order valence-corrected chi connectivity index (χ2v) is 12.0. The molecule has 51 heavy (non-hydrogen) atoms. The summed E-state index contributed by atoms with van der Waals surface area (Å²) in [5.74, 6) is -0.137. The molecule has 5 aromatic carbocycles. The van der Waals surface area contributed by atoms with Crippen molar-refractivity contribution in [2.45, 2.75) is 12.7 Å². The van der Waals surface area contributed by atoms with Crippen LogP contribution in [0.15, 0.2) is 120 Å². The molecular weight excluding hydrogens is 685 g/mol. The molecule has 6 rings (SSSR count). The lowest BCUT2D eigenvalue weighted by Crippen LogP contribution is -2.27. The van der Waals surface area contributed by atoms with Crippen molar-refractivity contribution in [2.75, 3.05) is 12.4 Å². The van der Waals surface area contributed by atoms with E-state index in [9.17, 15) is 32.7 Å². The highest BCUT2D eigenvalue weighted by molar-refractivity contribution is 8.18. The number of benzene rings is 5. The molecular formula is C38H27F3N2O7S. The quantitative estimate of drug-likeness (QED) is 0.138. The highest BCUT2D eigenvalue weighted by Crippen LogP contribution is 2.38. The molecule has 0 atom stereocenters. The Hall–Kier alpha value is -6.21. The third-order valence-electron chi connectivity index (χ3n) is 7.50. The number of rotatable bonds is 10. The summed E-state index contributed by atoms with van der Waals surface area (Å²) < 4.78 is 57.6. The predicted octanol–water partition coefficient (Wildman–Crippen LogP) is 9.49. The summed E-state index contributed by atoms with van der Waals surface area (Å²) in [5.41, 5.74) is -0.717. The van der Waals surface area contributed by atoms with Gasteiger partial charge in [0.15, 0.2) is 5.75 Å². The molecule has 0 unspecified atom stereocenters. The SMILES string of the molecule is COc1ccc(Oc2ccc(C(F)(F)F)cc2NC(=O)c2cc(/C=C3/SC(=O)N(Cc4cccc(Oc5ccccc5)c4)C3=O)ccc2O)cc1. The smallest absolute Gasteiger partial charge is 0.416 e. The van der Waals surface area contributed by atoms with E-state index in [1.54, 1.807) is 48.5 Å². The minimum atomic E-state index is -4.72. The normalized spacial score (nSPS) is 13.7. The number of nitrogens with one attached hydrogen (secondary N) is 1. The summed E-state index contributed by atoms with van der Waals surface area (Å²) in [6.07, 6.45) is -3.33. The lowest BCUT2D eigenvalue weighted by Gasteiger charge is -2.16. The van der Waals surface area contributed by atoms with Crippen LogP contribution in [0.5, 0.6) is 34.5 Å². The fourth-order valence-corrected chi connectivity index (χ4v) is 5.82. The Morgan fingerprint density at radius 1 is 0.824 bits per heavy atom. The van der Waals surface area contributed by atoms with Gasteiger partial charge >= 0.3 is 6.18 Å². The minimum absolute atomic E-state index is 0.0187. The van der Waals surface area contributed by atoms with Crippen LogP contribution in [0.4, 0.5) is 23.7 Å². The van der Waals surface area contributed by atoms with Crippen LogP contribution >= 0.6 is 11.8 Å². The first-order chi connectivity index (χ1) is 24.5. The maximum atomic E-state index is 13.6. The second-order valence-electron chi connectivity index (χ2n) is 11.0. The topological polar surface area (TPSA) is 114 Å². The zero-order valence-corrected chi connectivity index (χ0v) is 27.5. The number of anilines is 1. The molecule has 1 saturated heterocycles. The van der Waals surface area contributed by atoms with Crippen LogP contribution in [0.2, 0.25) is 0 Å². The van der Waals surface area contributed by atoms with Gasteiger partial charge in [-0.1, -0.05) is 36.4 Å². The fraction of sp³-hybridized carbons (Fsp3) is 0.0789.